The SMILES string of the molecule is CCc1cc(C(C)O)cc(C(N)=O)c1CC. The highest BCUT2D eigenvalue weighted by Crippen LogP contribution is 2.23. The fraction of sp³-hybridized carbons (Fsp3) is 0.462. The lowest BCUT2D eigenvalue weighted by atomic mass is 9.92. The van der Waals surface area contributed by atoms with Gasteiger partial charge in [-0.25, -0.2) is 0 Å². The average Bonchev–Trinajstić information content (AvgIpc) is 2.26. The second-order valence-electron chi connectivity index (χ2n) is 3.95. The van der Waals surface area contributed by atoms with E-state index in [4.69, 9.17) is 5.73 Å². The van der Waals surface area contributed by atoms with Crippen LogP contribution in [0.1, 0.15) is 53.9 Å². The first-order valence-corrected chi connectivity index (χ1v) is 5.64. The number of nitrogens with two attached hydrogens (primary N) is 1. The van der Waals surface area contributed by atoms with E-state index in [0.29, 0.717) is 5.56 Å². The van der Waals surface area contributed by atoms with E-state index in [1.807, 2.05) is 19.9 Å². The number of aryl methyl sites for hydroxylation is 1. The largest absolute Gasteiger partial charge is 0.389 e. The van der Waals surface area contributed by atoms with Gasteiger partial charge in [-0.1, -0.05) is 19.9 Å². The molecule has 1 rings (SSSR count). The lowest BCUT2D eigenvalue weighted by molar-refractivity contribution is 0.0999. The third kappa shape index (κ3) is 2.42. The lowest BCUT2D eigenvalue weighted by Crippen LogP contribution is -2.16. The van der Waals surface area contributed by atoms with Crippen molar-refractivity contribution >= 4 is 5.91 Å². The fourth-order valence-corrected chi connectivity index (χ4v) is 1.95. The first-order valence-electron chi connectivity index (χ1n) is 5.64. The molecule has 0 heterocycles. The molecule has 0 saturated heterocycles. The zero-order chi connectivity index (χ0) is 12.3. The summed E-state index contributed by atoms with van der Waals surface area (Å²) in [6.45, 7) is 5.72. The van der Waals surface area contributed by atoms with E-state index in [1.54, 1.807) is 13.0 Å². The van der Waals surface area contributed by atoms with Gasteiger partial charge in [0.2, 0.25) is 5.91 Å². The van der Waals surface area contributed by atoms with Crippen molar-refractivity contribution in [1.82, 2.24) is 0 Å². The summed E-state index contributed by atoms with van der Waals surface area (Å²) in [5.41, 5.74) is 8.75. The molecule has 0 spiro atoms. The maximum Gasteiger partial charge on any atom is 0.248 e. The molecule has 0 aliphatic heterocycles. The van der Waals surface area contributed by atoms with Crippen LogP contribution in [0.2, 0.25) is 0 Å². The number of primary amides is 1. The minimum atomic E-state index is -0.575. The minimum Gasteiger partial charge on any atom is -0.389 e. The quantitative estimate of drug-likeness (QED) is 0.816. The number of carbonyl (C=O) groups is 1. The monoisotopic (exact) mass is 221 g/mol. The lowest BCUT2D eigenvalue weighted by Gasteiger charge is -2.14. The number of carbonyl (C=O) groups excluding carboxylic acids is 1. The predicted molar refractivity (Wildman–Crippen MR) is 64.3 cm³/mol. The molecular formula is C13H19NO2. The molecule has 0 bridgehead atoms. The van der Waals surface area contributed by atoms with E-state index in [-0.39, 0.29) is 0 Å². The van der Waals surface area contributed by atoms with Crippen LogP contribution >= 0.6 is 0 Å². The second kappa shape index (κ2) is 5.12. The molecule has 0 aliphatic rings. The topological polar surface area (TPSA) is 63.3 Å². The number of aliphatic hydroxyl groups is 1. The second-order valence-corrected chi connectivity index (χ2v) is 3.95. The number of benzene rings is 1. The molecule has 1 aromatic rings. The molecule has 0 aromatic heterocycles. The normalized spacial score (nSPS) is 12.5. The van der Waals surface area contributed by atoms with Crippen molar-refractivity contribution in [2.24, 2.45) is 5.73 Å². The third-order valence-corrected chi connectivity index (χ3v) is 2.85. The minimum absolute atomic E-state index is 0.422. The molecule has 0 aliphatic carbocycles. The average molecular weight is 221 g/mol. The van der Waals surface area contributed by atoms with Crippen molar-refractivity contribution in [2.75, 3.05) is 0 Å². The van der Waals surface area contributed by atoms with Crippen molar-refractivity contribution in [3.05, 3.63) is 34.4 Å². The Bertz CT molecular complexity index is 397. The molecule has 0 radical (unpaired) electrons. The molecule has 3 nitrogen and oxygen atoms in total. The predicted octanol–water partition coefficient (Wildman–Crippen LogP) is 1.96. The van der Waals surface area contributed by atoms with Crippen LogP contribution in [0, 0.1) is 0 Å². The van der Waals surface area contributed by atoms with Gasteiger partial charge in [0, 0.05) is 5.56 Å². The number of rotatable bonds is 4. The Kier molecular flexibility index (Phi) is 4.07. The molecule has 16 heavy (non-hydrogen) atoms. The van der Waals surface area contributed by atoms with E-state index in [0.717, 1.165) is 29.5 Å². The third-order valence-electron chi connectivity index (χ3n) is 2.85. The standard InChI is InChI=1S/C13H19NO2/c1-4-9-6-10(8(3)15)7-12(13(14)16)11(9)5-2/h6-8,15H,4-5H2,1-3H3,(H2,14,16). The maximum atomic E-state index is 11.4. The van der Waals surface area contributed by atoms with Crippen LogP contribution < -0.4 is 5.73 Å². The van der Waals surface area contributed by atoms with Gasteiger partial charge in [-0.05, 0) is 42.5 Å². The molecule has 3 heteroatoms. The Morgan fingerprint density at radius 1 is 1.38 bits per heavy atom. The number of hydrogen-bond donors (Lipinski definition) is 2. The fourth-order valence-electron chi connectivity index (χ4n) is 1.95. The molecule has 1 unspecified atom stereocenters. The summed E-state index contributed by atoms with van der Waals surface area (Å²) >= 11 is 0. The summed E-state index contributed by atoms with van der Waals surface area (Å²) in [5, 5.41) is 9.56. The molecule has 0 fully saturated rings. The van der Waals surface area contributed by atoms with Gasteiger partial charge in [0.25, 0.3) is 0 Å². The van der Waals surface area contributed by atoms with Crippen molar-refractivity contribution in [3.63, 3.8) is 0 Å². The Morgan fingerprint density at radius 3 is 2.38 bits per heavy atom. The highest BCUT2D eigenvalue weighted by molar-refractivity contribution is 5.95. The molecule has 1 aromatic carbocycles. The van der Waals surface area contributed by atoms with Gasteiger partial charge in [0.1, 0.15) is 0 Å². The van der Waals surface area contributed by atoms with Crippen molar-refractivity contribution in [1.29, 1.82) is 0 Å². The van der Waals surface area contributed by atoms with Crippen LogP contribution in [0.15, 0.2) is 12.1 Å². The van der Waals surface area contributed by atoms with E-state index in [2.05, 4.69) is 0 Å². The van der Waals surface area contributed by atoms with E-state index < -0.39 is 12.0 Å². The van der Waals surface area contributed by atoms with Crippen LogP contribution in [-0.4, -0.2) is 11.0 Å². The molecule has 88 valence electrons. The van der Waals surface area contributed by atoms with Gasteiger partial charge >= 0.3 is 0 Å². The summed E-state index contributed by atoms with van der Waals surface area (Å²) in [5.74, 6) is -0.422. The van der Waals surface area contributed by atoms with Gasteiger partial charge in [-0.3, -0.25) is 4.79 Å². The van der Waals surface area contributed by atoms with E-state index in [9.17, 15) is 9.90 Å². The Morgan fingerprint density at radius 2 is 2.00 bits per heavy atom. The smallest absolute Gasteiger partial charge is 0.248 e. The zero-order valence-corrected chi connectivity index (χ0v) is 10.1. The van der Waals surface area contributed by atoms with Crippen molar-refractivity contribution in [2.45, 2.75) is 39.7 Å². The Labute approximate surface area is 96.3 Å². The molecule has 3 N–H and O–H groups in total. The van der Waals surface area contributed by atoms with Gasteiger partial charge in [-0.15, -0.1) is 0 Å². The summed E-state index contributed by atoms with van der Waals surface area (Å²) in [7, 11) is 0. The number of aliphatic hydroxyl groups excluding tert-OH is 1. The molecule has 1 atom stereocenters. The molecule has 0 saturated carbocycles. The first-order chi connectivity index (χ1) is 7.51. The van der Waals surface area contributed by atoms with Crippen molar-refractivity contribution < 1.29 is 9.90 Å². The van der Waals surface area contributed by atoms with Crippen LogP contribution in [-0.2, 0) is 12.8 Å². The zero-order valence-electron chi connectivity index (χ0n) is 10.1. The molecular weight excluding hydrogens is 202 g/mol. The maximum absolute atomic E-state index is 11.4. The summed E-state index contributed by atoms with van der Waals surface area (Å²) in [6, 6.07) is 3.65. The molecule has 1 amide bonds. The van der Waals surface area contributed by atoms with Gasteiger partial charge < -0.3 is 10.8 Å². The number of hydrogen-bond acceptors (Lipinski definition) is 2. The Hall–Kier alpha value is -1.35. The van der Waals surface area contributed by atoms with Crippen LogP contribution in [0.4, 0.5) is 0 Å². The summed E-state index contributed by atoms with van der Waals surface area (Å²) < 4.78 is 0. The highest BCUT2D eigenvalue weighted by Gasteiger charge is 2.14. The van der Waals surface area contributed by atoms with E-state index >= 15 is 0 Å². The van der Waals surface area contributed by atoms with Crippen LogP contribution in [0.5, 0.6) is 0 Å². The Balaban J connectivity index is 3.43. The van der Waals surface area contributed by atoms with Crippen LogP contribution in [0.3, 0.4) is 0 Å². The van der Waals surface area contributed by atoms with Gasteiger partial charge in [0.15, 0.2) is 0 Å². The highest BCUT2D eigenvalue weighted by atomic mass is 16.3. The van der Waals surface area contributed by atoms with Gasteiger partial charge in [-0.2, -0.15) is 0 Å². The van der Waals surface area contributed by atoms with Crippen molar-refractivity contribution in [3.8, 4) is 0 Å². The van der Waals surface area contributed by atoms with Crippen LogP contribution in [0.25, 0.3) is 0 Å². The van der Waals surface area contributed by atoms with E-state index in [1.165, 1.54) is 0 Å². The van der Waals surface area contributed by atoms with Gasteiger partial charge in [0.05, 0.1) is 6.10 Å². The summed E-state index contributed by atoms with van der Waals surface area (Å²) in [6.07, 6.45) is 1.04. The first kappa shape index (κ1) is 12.7. The number of amides is 1. The summed E-state index contributed by atoms with van der Waals surface area (Å²) in [4.78, 5) is 11.4.